The van der Waals surface area contributed by atoms with Gasteiger partial charge in [-0.15, -0.1) is 0 Å². The van der Waals surface area contributed by atoms with Crippen molar-refractivity contribution in [3.05, 3.63) is 0 Å². The molecule has 0 fully saturated rings. The van der Waals surface area contributed by atoms with Gasteiger partial charge in [0.1, 0.15) is 6.61 Å². The lowest BCUT2D eigenvalue weighted by Gasteiger charge is -2.03. The second-order valence-electron chi connectivity index (χ2n) is 2.61. The highest BCUT2D eigenvalue weighted by molar-refractivity contribution is 4.46. The van der Waals surface area contributed by atoms with Crippen LogP contribution in [0.2, 0.25) is 0 Å². The summed E-state index contributed by atoms with van der Waals surface area (Å²) in [5.74, 6) is 0. The minimum Gasteiger partial charge on any atom is -0.384 e. The van der Waals surface area contributed by atoms with E-state index in [9.17, 15) is 26.3 Å². The summed E-state index contributed by atoms with van der Waals surface area (Å²) in [6.45, 7) is 0.248. The van der Waals surface area contributed by atoms with Gasteiger partial charge < -0.3 is 9.47 Å². The molecule has 0 aromatic carbocycles. The average Bonchev–Trinajstić information content (AvgIpc) is 2.10. The molecule has 0 heterocycles. The maximum Gasteiger partial charge on any atom is 0.411 e. The van der Waals surface area contributed by atoms with Gasteiger partial charge in [-0.3, -0.25) is 0 Å². The molecule has 0 unspecified atom stereocenters. The summed E-state index contributed by atoms with van der Waals surface area (Å²) >= 11 is 0. The van der Waals surface area contributed by atoms with Crippen LogP contribution >= 0.6 is 0 Å². The topological polar surface area (TPSA) is 18.5 Å². The highest BCUT2D eigenvalue weighted by Gasteiger charge is 2.26. The number of hydrogen-bond acceptors (Lipinski definition) is 2. The fourth-order valence-electron chi connectivity index (χ4n) is 0.436. The standard InChI is InChI=1S/2C4H7F3O/c1-8-3-2-4(5,6)7;1-2-8-3-4(5,6)7/h2*2-3H2,1H3. The third kappa shape index (κ3) is 23.4. The Hall–Kier alpha value is -0.500. The molecule has 0 atom stereocenters. The average molecular weight is 256 g/mol. The van der Waals surface area contributed by atoms with E-state index in [1.54, 1.807) is 0 Å². The molecule has 0 saturated carbocycles. The van der Waals surface area contributed by atoms with Crippen molar-refractivity contribution in [3.63, 3.8) is 0 Å². The third-order valence-electron chi connectivity index (χ3n) is 1.06. The Morgan fingerprint density at radius 1 is 0.938 bits per heavy atom. The van der Waals surface area contributed by atoms with Crippen molar-refractivity contribution in [1.82, 2.24) is 0 Å². The van der Waals surface area contributed by atoms with E-state index in [0.29, 0.717) is 0 Å². The van der Waals surface area contributed by atoms with Crippen LogP contribution in [0.5, 0.6) is 0 Å². The number of alkyl halides is 6. The molecule has 0 aromatic rings. The lowest BCUT2D eigenvalue weighted by atomic mass is 10.4. The summed E-state index contributed by atoms with van der Waals surface area (Å²) in [5, 5.41) is 0. The molecule has 0 aliphatic carbocycles. The molecule has 0 aliphatic heterocycles. The van der Waals surface area contributed by atoms with Gasteiger partial charge in [-0.05, 0) is 6.92 Å². The molecule has 0 spiro atoms. The molecular formula is C8H14F6O2. The first-order valence-electron chi connectivity index (χ1n) is 4.32. The Balaban J connectivity index is 0. The zero-order chi connectivity index (χ0) is 13.2. The van der Waals surface area contributed by atoms with Gasteiger partial charge in [-0.25, -0.2) is 0 Å². The Morgan fingerprint density at radius 2 is 1.44 bits per heavy atom. The Kier molecular flexibility index (Phi) is 9.64. The second kappa shape index (κ2) is 8.63. The molecule has 0 bridgehead atoms. The van der Waals surface area contributed by atoms with Crippen molar-refractivity contribution >= 4 is 0 Å². The quantitative estimate of drug-likeness (QED) is 0.719. The molecule has 16 heavy (non-hydrogen) atoms. The number of methoxy groups -OCH3 is 1. The lowest BCUT2D eigenvalue weighted by molar-refractivity contribution is -0.172. The fraction of sp³-hybridized carbons (Fsp3) is 1.00. The van der Waals surface area contributed by atoms with Crippen LogP contribution in [-0.2, 0) is 9.47 Å². The van der Waals surface area contributed by atoms with Gasteiger partial charge in [-0.1, -0.05) is 0 Å². The van der Waals surface area contributed by atoms with E-state index in [4.69, 9.17) is 0 Å². The maximum absolute atomic E-state index is 11.2. The summed E-state index contributed by atoms with van der Waals surface area (Å²) < 4.78 is 75.1. The van der Waals surface area contributed by atoms with Crippen LogP contribution in [0.4, 0.5) is 26.3 Å². The highest BCUT2D eigenvalue weighted by atomic mass is 19.4. The van der Waals surface area contributed by atoms with Crippen molar-refractivity contribution in [2.24, 2.45) is 0 Å². The smallest absolute Gasteiger partial charge is 0.384 e. The molecular weight excluding hydrogens is 242 g/mol. The van der Waals surface area contributed by atoms with E-state index in [-0.39, 0.29) is 13.2 Å². The van der Waals surface area contributed by atoms with Gasteiger partial charge in [0.05, 0.1) is 13.0 Å². The minimum atomic E-state index is -4.17. The Bertz CT molecular complexity index is 136. The van der Waals surface area contributed by atoms with Crippen LogP contribution < -0.4 is 0 Å². The largest absolute Gasteiger partial charge is 0.411 e. The number of halogens is 6. The third-order valence-corrected chi connectivity index (χ3v) is 1.06. The van der Waals surface area contributed by atoms with Crippen molar-refractivity contribution < 1.29 is 35.8 Å². The maximum atomic E-state index is 11.2. The molecule has 2 nitrogen and oxygen atoms in total. The van der Waals surface area contributed by atoms with Crippen molar-refractivity contribution in [2.75, 3.05) is 26.9 Å². The van der Waals surface area contributed by atoms with E-state index in [0.717, 1.165) is 0 Å². The molecule has 0 amide bonds. The van der Waals surface area contributed by atoms with Crippen LogP contribution in [0.1, 0.15) is 13.3 Å². The summed E-state index contributed by atoms with van der Waals surface area (Å²) in [6.07, 6.45) is -9.10. The van der Waals surface area contributed by atoms with Gasteiger partial charge in [0.25, 0.3) is 0 Å². The molecule has 0 saturated heterocycles. The second-order valence-corrected chi connectivity index (χ2v) is 2.61. The molecule has 0 N–H and O–H groups in total. The normalized spacial score (nSPS) is 12.0. The van der Waals surface area contributed by atoms with E-state index in [1.165, 1.54) is 14.0 Å². The van der Waals surface area contributed by atoms with Crippen molar-refractivity contribution in [3.8, 4) is 0 Å². The molecule has 100 valence electrons. The van der Waals surface area contributed by atoms with Crippen LogP contribution in [0, 0.1) is 0 Å². The van der Waals surface area contributed by atoms with Gasteiger partial charge in [0.2, 0.25) is 0 Å². The number of rotatable bonds is 4. The molecule has 0 rings (SSSR count). The SMILES string of the molecule is CCOCC(F)(F)F.COCCC(F)(F)F. The molecule has 0 aliphatic rings. The van der Waals surface area contributed by atoms with Crippen molar-refractivity contribution in [2.45, 2.75) is 25.7 Å². The van der Waals surface area contributed by atoms with E-state index in [1.807, 2.05) is 0 Å². The van der Waals surface area contributed by atoms with Gasteiger partial charge in [0, 0.05) is 13.7 Å². The molecule has 8 heteroatoms. The van der Waals surface area contributed by atoms with Crippen LogP contribution in [0.25, 0.3) is 0 Å². The van der Waals surface area contributed by atoms with E-state index < -0.39 is 25.4 Å². The summed E-state index contributed by atoms with van der Waals surface area (Å²) in [7, 11) is 1.24. The summed E-state index contributed by atoms with van der Waals surface area (Å²) in [6, 6.07) is 0. The minimum absolute atomic E-state index is 0.111. The number of ether oxygens (including phenoxy) is 2. The number of hydrogen-bond donors (Lipinski definition) is 0. The van der Waals surface area contributed by atoms with Gasteiger partial charge >= 0.3 is 12.4 Å². The highest BCUT2D eigenvalue weighted by Crippen LogP contribution is 2.18. The summed E-state index contributed by atoms with van der Waals surface area (Å²) in [5.41, 5.74) is 0. The fourth-order valence-corrected chi connectivity index (χ4v) is 0.436. The first-order chi connectivity index (χ1) is 7.12. The zero-order valence-electron chi connectivity index (χ0n) is 8.91. The first kappa shape index (κ1) is 17.9. The predicted octanol–water partition coefficient (Wildman–Crippen LogP) is 3.17. The Labute approximate surface area is 89.5 Å². The van der Waals surface area contributed by atoms with Crippen LogP contribution in [0.15, 0.2) is 0 Å². The summed E-state index contributed by atoms with van der Waals surface area (Å²) in [4.78, 5) is 0. The first-order valence-corrected chi connectivity index (χ1v) is 4.32. The van der Waals surface area contributed by atoms with Gasteiger partial charge in [-0.2, -0.15) is 26.3 Å². The monoisotopic (exact) mass is 256 g/mol. The Morgan fingerprint density at radius 3 is 1.56 bits per heavy atom. The predicted molar refractivity (Wildman–Crippen MR) is 45.1 cm³/mol. The molecule has 0 aromatic heterocycles. The van der Waals surface area contributed by atoms with Gasteiger partial charge in [0.15, 0.2) is 0 Å². The molecule has 0 radical (unpaired) electrons. The van der Waals surface area contributed by atoms with Crippen LogP contribution in [0.3, 0.4) is 0 Å². The zero-order valence-corrected chi connectivity index (χ0v) is 8.91. The van der Waals surface area contributed by atoms with Crippen LogP contribution in [-0.4, -0.2) is 39.3 Å². The van der Waals surface area contributed by atoms with E-state index >= 15 is 0 Å². The van der Waals surface area contributed by atoms with E-state index in [2.05, 4.69) is 9.47 Å². The lowest BCUT2D eigenvalue weighted by Crippen LogP contribution is -2.16. The van der Waals surface area contributed by atoms with Crippen molar-refractivity contribution in [1.29, 1.82) is 0 Å².